The summed E-state index contributed by atoms with van der Waals surface area (Å²) >= 11 is 0. The van der Waals surface area contributed by atoms with Crippen LogP contribution < -0.4 is 5.32 Å². The first-order valence-electron chi connectivity index (χ1n) is 3.24. The SMILES string of the molecule is O=C1NC(=O)c2ccccc21.[Fe]. The molecule has 0 radical (unpaired) electrons. The zero-order valence-electron chi connectivity index (χ0n) is 5.98. The first-order chi connectivity index (χ1) is 5.29. The van der Waals surface area contributed by atoms with Crippen LogP contribution in [0.15, 0.2) is 24.3 Å². The first-order valence-corrected chi connectivity index (χ1v) is 3.24. The molecule has 0 aromatic heterocycles. The number of rotatable bonds is 0. The molecule has 0 atom stereocenters. The van der Waals surface area contributed by atoms with Gasteiger partial charge in [-0.1, -0.05) is 12.1 Å². The molecule has 2 rings (SSSR count). The molecule has 62 valence electrons. The van der Waals surface area contributed by atoms with Crippen molar-refractivity contribution in [3.05, 3.63) is 35.4 Å². The Labute approximate surface area is 79.6 Å². The summed E-state index contributed by atoms with van der Waals surface area (Å²) in [5, 5.41) is 2.20. The molecule has 0 fully saturated rings. The third kappa shape index (κ3) is 1.15. The van der Waals surface area contributed by atoms with E-state index in [9.17, 15) is 9.59 Å². The van der Waals surface area contributed by atoms with Gasteiger partial charge in [0.25, 0.3) is 11.8 Å². The molecule has 0 unspecified atom stereocenters. The van der Waals surface area contributed by atoms with Crippen molar-refractivity contribution >= 4 is 11.8 Å². The van der Waals surface area contributed by atoms with Crippen molar-refractivity contribution < 1.29 is 26.7 Å². The molecular formula is C8H5FeNO2. The third-order valence-corrected chi connectivity index (χ3v) is 1.64. The number of amides is 2. The summed E-state index contributed by atoms with van der Waals surface area (Å²) in [6, 6.07) is 6.74. The summed E-state index contributed by atoms with van der Waals surface area (Å²) in [4.78, 5) is 21.9. The number of carbonyl (C=O) groups is 2. The average Bonchev–Trinajstić information content (AvgIpc) is 2.30. The van der Waals surface area contributed by atoms with E-state index in [0.29, 0.717) is 11.1 Å². The van der Waals surface area contributed by atoms with Crippen LogP contribution in [0.4, 0.5) is 0 Å². The van der Waals surface area contributed by atoms with Crippen LogP contribution in [-0.4, -0.2) is 11.8 Å². The van der Waals surface area contributed by atoms with E-state index >= 15 is 0 Å². The second kappa shape index (κ2) is 3.09. The Morgan fingerprint density at radius 3 is 1.75 bits per heavy atom. The van der Waals surface area contributed by atoms with Gasteiger partial charge in [0.1, 0.15) is 0 Å². The molecule has 3 nitrogen and oxygen atoms in total. The van der Waals surface area contributed by atoms with Crippen LogP contribution in [0, 0.1) is 0 Å². The summed E-state index contributed by atoms with van der Waals surface area (Å²) < 4.78 is 0. The normalized spacial score (nSPS) is 13.3. The van der Waals surface area contributed by atoms with Crippen molar-refractivity contribution in [1.82, 2.24) is 5.32 Å². The van der Waals surface area contributed by atoms with Gasteiger partial charge in [-0.2, -0.15) is 0 Å². The molecule has 0 saturated carbocycles. The topological polar surface area (TPSA) is 46.2 Å². The minimum Gasteiger partial charge on any atom is -0.288 e. The standard InChI is InChI=1S/C8H5NO2.Fe/c10-7-5-3-1-2-4-6(5)8(11)9-7;/h1-4H,(H,9,10,11);. The summed E-state index contributed by atoms with van der Waals surface area (Å²) in [5.41, 5.74) is 0.940. The van der Waals surface area contributed by atoms with Crippen LogP contribution in [0.2, 0.25) is 0 Å². The van der Waals surface area contributed by atoms with Crippen LogP contribution >= 0.6 is 0 Å². The maximum Gasteiger partial charge on any atom is 0.258 e. The Hall–Kier alpha value is -1.12. The zero-order valence-corrected chi connectivity index (χ0v) is 7.08. The fraction of sp³-hybridized carbons (Fsp3) is 0. The molecule has 0 aliphatic carbocycles. The maximum absolute atomic E-state index is 10.9. The number of benzene rings is 1. The van der Waals surface area contributed by atoms with E-state index in [1.54, 1.807) is 24.3 Å². The van der Waals surface area contributed by atoms with E-state index in [4.69, 9.17) is 0 Å². The van der Waals surface area contributed by atoms with Gasteiger partial charge in [-0.25, -0.2) is 0 Å². The molecule has 0 spiro atoms. The molecule has 0 saturated heterocycles. The largest absolute Gasteiger partial charge is 0.288 e. The van der Waals surface area contributed by atoms with Gasteiger partial charge >= 0.3 is 0 Å². The third-order valence-electron chi connectivity index (χ3n) is 1.64. The van der Waals surface area contributed by atoms with Crippen molar-refractivity contribution in [2.45, 2.75) is 0 Å². The van der Waals surface area contributed by atoms with Gasteiger partial charge in [0.2, 0.25) is 0 Å². The minimum atomic E-state index is -0.300. The number of hydrogen-bond acceptors (Lipinski definition) is 2. The van der Waals surface area contributed by atoms with Gasteiger partial charge in [-0.05, 0) is 12.1 Å². The van der Waals surface area contributed by atoms with E-state index in [0.717, 1.165) is 0 Å². The smallest absolute Gasteiger partial charge is 0.258 e. The molecule has 1 heterocycles. The number of nitrogens with one attached hydrogen (secondary N) is 1. The molecule has 0 bridgehead atoms. The van der Waals surface area contributed by atoms with Crippen LogP contribution in [-0.2, 0) is 17.1 Å². The van der Waals surface area contributed by atoms with E-state index in [1.807, 2.05) is 0 Å². The molecule has 1 aliphatic rings. The molecule has 12 heavy (non-hydrogen) atoms. The number of imide groups is 1. The monoisotopic (exact) mass is 203 g/mol. The fourth-order valence-electron chi connectivity index (χ4n) is 1.12. The second-order valence-corrected chi connectivity index (χ2v) is 2.33. The number of hydrogen-bond donors (Lipinski definition) is 1. The van der Waals surface area contributed by atoms with Gasteiger partial charge in [-0.3, -0.25) is 14.9 Å². The molecule has 1 aromatic rings. The van der Waals surface area contributed by atoms with E-state index in [-0.39, 0.29) is 28.9 Å². The van der Waals surface area contributed by atoms with E-state index in [2.05, 4.69) is 5.32 Å². The zero-order chi connectivity index (χ0) is 7.84. The van der Waals surface area contributed by atoms with Gasteiger partial charge in [-0.15, -0.1) is 0 Å². The predicted molar refractivity (Wildman–Crippen MR) is 38.2 cm³/mol. The van der Waals surface area contributed by atoms with Crippen LogP contribution in [0.3, 0.4) is 0 Å². The summed E-state index contributed by atoms with van der Waals surface area (Å²) in [6.07, 6.45) is 0. The summed E-state index contributed by atoms with van der Waals surface area (Å²) in [7, 11) is 0. The minimum absolute atomic E-state index is 0. The number of carbonyl (C=O) groups excluding carboxylic acids is 2. The first kappa shape index (κ1) is 8.97. The quantitative estimate of drug-likeness (QED) is 0.494. The average molecular weight is 203 g/mol. The van der Waals surface area contributed by atoms with Crippen molar-refractivity contribution in [2.24, 2.45) is 0 Å². The molecule has 1 N–H and O–H groups in total. The summed E-state index contributed by atoms with van der Waals surface area (Å²) in [5.74, 6) is -0.601. The Balaban J connectivity index is 0.000000720. The van der Waals surface area contributed by atoms with Crippen molar-refractivity contribution in [1.29, 1.82) is 0 Å². The van der Waals surface area contributed by atoms with Crippen LogP contribution in [0.5, 0.6) is 0 Å². The molecule has 1 aliphatic heterocycles. The maximum atomic E-state index is 10.9. The second-order valence-electron chi connectivity index (χ2n) is 2.33. The summed E-state index contributed by atoms with van der Waals surface area (Å²) in [6.45, 7) is 0. The Bertz CT molecular complexity index is 316. The van der Waals surface area contributed by atoms with E-state index < -0.39 is 0 Å². The Morgan fingerprint density at radius 2 is 1.33 bits per heavy atom. The van der Waals surface area contributed by atoms with E-state index in [1.165, 1.54) is 0 Å². The molecule has 4 heteroatoms. The molecular weight excluding hydrogens is 198 g/mol. The van der Waals surface area contributed by atoms with Gasteiger partial charge in [0, 0.05) is 17.1 Å². The number of fused-ring (bicyclic) bond motifs is 1. The van der Waals surface area contributed by atoms with Crippen molar-refractivity contribution in [2.75, 3.05) is 0 Å². The van der Waals surface area contributed by atoms with Crippen molar-refractivity contribution in [3.63, 3.8) is 0 Å². The van der Waals surface area contributed by atoms with Crippen LogP contribution in [0.1, 0.15) is 20.7 Å². The van der Waals surface area contributed by atoms with Gasteiger partial charge in [0.15, 0.2) is 0 Å². The van der Waals surface area contributed by atoms with Gasteiger partial charge < -0.3 is 0 Å². The Kier molecular flexibility index (Phi) is 2.31. The molecule has 2 amide bonds. The molecule has 1 aromatic carbocycles. The predicted octanol–water partition coefficient (Wildman–Crippen LogP) is 0.568. The fourth-order valence-corrected chi connectivity index (χ4v) is 1.12. The Morgan fingerprint density at radius 1 is 0.917 bits per heavy atom. The van der Waals surface area contributed by atoms with Gasteiger partial charge in [0.05, 0.1) is 11.1 Å². The van der Waals surface area contributed by atoms with Crippen molar-refractivity contribution in [3.8, 4) is 0 Å². The van der Waals surface area contributed by atoms with Crippen LogP contribution in [0.25, 0.3) is 0 Å².